The number of aliphatic carboxylic acids is 1. The fourth-order valence-corrected chi connectivity index (χ4v) is 4.44. The molecule has 0 aliphatic carbocycles. The molecular weight excluding hydrogens is 361 g/mol. The summed E-state index contributed by atoms with van der Waals surface area (Å²) >= 11 is 1.17. The molecule has 0 saturated carbocycles. The van der Waals surface area contributed by atoms with Gasteiger partial charge in [-0.2, -0.15) is 0 Å². The summed E-state index contributed by atoms with van der Waals surface area (Å²) in [6, 6.07) is 4.47. The summed E-state index contributed by atoms with van der Waals surface area (Å²) in [5.74, 6) is -1.89. The quantitative estimate of drug-likeness (QED) is 0.833. The number of hydrogen-bond acceptors (Lipinski definition) is 5. The Balaban J connectivity index is 2.04. The van der Waals surface area contributed by atoms with E-state index in [2.05, 4.69) is 0 Å². The summed E-state index contributed by atoms with van der Waals surface area (Å²) in [4.78, 5) is 26.2. The van der Waals surface area contributed by atoms with Gasteiger partial charge < -0.3 is 19.5 Å². The van der Waals surface area contributed by atoms with Gasteiger partial charge in [-0.25, -0.2) is 4.39 Å². The molecule has 0 spiro atoms. The Kier molecular flexibility index (Phi) is 5.85. The fourth-order valence-electron chi connectivity index (χ4n) is 3.26. The summed E-state index contributed by atoms with van der Waals surface area (Å²) in [6.07, 6.45) is 1.16. The van der Waals surface area contributed by atoms with E-state index in [1.54, 1.807) is 12.1 Å². The second-order valence-corrected chi connectivity index (χ2v) is 7.18. The highest BCUT2D eigenvalue weighted by Crippen LogP contribution is 2.35. The Labute approximate surface area is 154 Å². The van der Waals surface area contributed by atoms with Crippen LogP contribution in [0.1, 0.15) is 28.1 Å². The molecule has 0 unspecified atom stereocenters. The van der Waals surface area contributed by atoms with E-state index in [0.29, 0.717) is 46.6 Å². The predicted molar refractivity (Wildman–Crippen MR) is 95.0 cm³/mol. The van der Waals surface area contributed by atoms with Crippen LogP contribution in [-0.4, -0.2) is 54.8 Å². The Morgan fingerprint density at radius 1 is 1.38 bits per heavy atom. The first-order valence-electron chi connectivity index (χ1n) is 8.32. The predicted octanol–water partition coefficient (Wildman–Crippen LogP) is 2.89. The average Bonchev–Trinajstić information content (AvgIpc) is 3.00. The van der Waals surface area contributed by atoms with E-state index in [1.165, 1.54) is 29.4 Å². The van der Waals surface area contributed by atoms with Gasteiger partial charge >= 0.3 is 5.97 Å². The van der Waals surface area contributed by atoms with Crippen molar-refractivity contribution in [2.75, 3.05) is 26.9 Å². The van der Waals surface area contributed by atoms with Gasteiger partial charge in [0.15, 0.2) is 0 Å². The van der Waals surface area contributed by atoms with Crippen LogP contribution in [0, 0.1) is 5.82 Å². The zero-order valence-electron chi connectivity index (χ0n) is 14.4. The molecule has 1 N–H and O–H groups in total. The third kappa shape index (κ3) is 3.72. The van der Waals surface area contributed by atoms with E-state index in [4.69, 9.17) is 9.47 Å². The number of thiophene rings is 1. The van der Waals surface area contributed by atoms with E-state index in [-0.39, 0.29) is 12.6 Å². The molecule has 3 rings (SSSR count). The summed E-state index contributed by atoms with van der Waals surface area (Å²) in [5, 5.41) is 9.63. The second kappa shape index (κ2) is 8.11. The molecule has 0 radical (unpaired) electrons. The van der Waals surface area contributed by atoms with E-state index in [1.807, 2.05) is 0 Å². The van der Waals surface area contributed by atoms with Crippen molar-refractivity contribution >= 4 is 33.3 Å². The minimum atomic E-state index is -1.08. The van der Waals surface area contributed by atoms with Gasteiger partial charge in [0.05, 0.1) is 11.5 Å². The SMILES string of the molecule is COCc1c(C(=O)N(CC(=O)O)C2CCOCC2)sc2cccc(F)c12. The number of carbonyl (C=O) groups excluding carboxylic acids is 1. The van der Waals surface area contributed by atoms with Gasteiger partial charge in [0.2, 0.25) is 0 Å². The highest BCUT2D eigenvalue weighted by Gasteiger charge is 2.31. The lowest BCUT2D eigenvalue weighted by Gasteiger charge is -2.33. The first-order valence-corrected chi connectivity index (χ1v) is 9.14. The number of rotatable bonds is 6. The monoisotopic (exact) mass is 381 g/mol. The van der Waals surface area contributed by atoms with Crippen LogP contribution in [0.2, 0.25) is 0 Å². The lowest BCUT2D eigenvalue weighted by atomic mass is 10.1. The zero-order valence-corrected chi connectivity index (χ0v) is 15.2. The normalized spacial score (nSPS) is 15.3. The maximum absolute atomic E-state index is 14.3. The van der Waals surface area contributed by atoms with Crippen molar-refractivity contribution in [2.45, 2.75) is 25.5 Å². The van der Waals surface area contributed by atoms with Crippen LogP contribution in [-0.2, 0) is 20.9 Å². The third-order valence-electron chi connectivity index (χ3n) is 4.44. The van der Waals surface area contributed by atoms with Gasteiger partial charge in [0.1, 0.15) is 12.4 Å². The molecule has 1 fully saturated rings. The van der Waals surface area contributed by atoms with E-state index in [0.717, 1.165) is 0 Å². The first kappa shape index (κ1) is 18.8. The van der Waals surface area contributed by atoms with Crippen molar-refractivity contribution in [1.82, 2.24) is 4.90 Å². The Morgan fingerprint density at radius 2 is 2.12 bits per heavy atom. The second-order valence-electron chi connectivity index (χ2n) is 6.13. The Hall–Kier alpha value is -2.03. The molecule has 26 heavy (non-hydrogen) atoms. The number of methoxy groups -OCH3 is 1. The molecule has 2 heterocycles. The number of ether oxygens (including phenoxy) is 2. The summed E-state index contributed by atoms with van der Waals surface area (Å²) in [5.41, 5.74) is 0.470. The number of carboxylic acid groups (broad SMARTS) is 1. The van der Waals surface area contributed by atoms with E-state index in [9.17, 15) is 19.1 Å². The number of carbonyl (C=O) groups is 2. The first-order chi connectivity index (χ1) is 12.5. The number of amides is 1. The van der Waals surface area contributed by atoms with Gasteiger partial charge in [-0.1, -0.05) is 6.07 Å². The number of nitrogens with zero attached hydrogens (tertiary/aromatic N) is 1. The van der Waals surface area contributed by atoms with Crippen LogP contribution in [0.5, 0.6) is 0 Å². The van der Waals surface area contributed by atoms with Crippen LogP contribution in [0.4, 0.5) is 4.39 Å². The van der Waals surface area contributed by atoms with Gasteiger partial charge in [-0.05, 0) is 25.0 Å². The molecule has 1 aromatic carbocycles. The summed E-state index contributed by atoms with van der Waals surface area (Å²) < 4.78 is 25.5. The number of hydrogen-bond donors (Lipinski definition) is 1. The summed E-state index contributed by atoms with van der Waals surface area (Å²) in [6.45, 7) is 0.656. The molecule has 0 bridgehead atoms. The van der Waals surface area contributed by atoms with Crippen molar-refractivity contribution in [1.29, 1.82) is 0 Å². The molecule has 1 aliphatic heterocycles. The van der Waals surface area contributed by atoms with Gasteiger partial charge in [-0.3, -0.25) is 9.59 Å². The van der Waals surface area contributed by atoms with Crippen LogP contribution in [0.3, 0.4) is 0 Å². The van der Waals surface area contributed by atoms with Crippen molar-refractivity contribution < 1.29 is 28.6 Å². The third-order valence-corrected chi connectivity index (χ3v) is 5.63. The fraction of sp³-hybridized carbons (Fsp3) is 0.444. The number of benzene rings is 1. The molecule has 1 amide bonds. The molecule has 6 nitrogen and oxygen atoms in total. The number of halogens is 1. The van der Waals surface area contributed by atoms with E-state index < -0.39 is 24.2 Å². The van der Waals surface area contributed by atoms with Crippen LogP contribution < -0.4 is 0 Å². The molecule has 1 aliphatic rings. The minimum absolute atomic E-state index is 0.0801. The summed E-state index contributed by atoms with van der Waals surface area (Å²) in [7, 11) is 1.48. The molecule has 8 heteroatoms. The molecular formula is C18H20FNO5S. The van der Waals surface area contributed by atoms with Gasteiger partial charge in [0.25, 0.3) is 5.91 Å². The lowest BCUT2D eigenvalue weighted by molar-refractivity contribution is -0.138. The number of fused-ring (bicyclic) bond motifs is 1. The van der Waals surface area contributed by atoms with Crippen molar-refractivity contribution in [3.63, 3.8) is 0 Å². The molecule has 1 saturated heterocycles. The van der Waals surface area contributed by atoms with E-state index >= 15 is 0 Å². The van der Waals surface area contributed by atoms with Crippen molar-refractivity contribution in [3.05, 3.63) is 34.5 Å². The van der Waals surface area contributed by atoms with Gasteiger partial charge in [0, 0.05) is 42.0 Å². The highest BCUT2D eigenvalue weighted by molar-refractivity contribution is 7.21. The lowest BCUT2D eigenvalue weighted by Crippen LogP contribution is -2.46. The minimum Gasteiger partial charge on any atom is -0.480 e. The standard InChI is InChI=1S/C18H20FNO5S/c1-24-10-12-16-13(19)3-2-4-14(16)26-17(12)18(23)20(9-15(21)22)11-5-7-25-8-6-11/h2-4,11H,5-10H2,1H3,(H,21,22). The van der Waals surface area contributed by atoms with Crippen molar-refractivity contribution in [2.24, 2.45) is 0 Å². The van der Waals surface area contributed by atoms with Crippen LogP contribution >= 0.6 is 11.3 Å². The zero-order chi connectivity index (χ0) is 18.7. The molecule has 0 atom stereocenters. The van der Waals surface area contributed by atoms with Crippen LogP contribution in [0.15, 0.2) is 18.2 Å². The number of carboxylic acids is 1. The molecule has 2 aromatic rings. The van der Waals surface area contributed by atoms with Crippen molar-refractivity contribution in [3.8, 4) is 0 Å². The Morgan fingerprint density at radius 3 is 2.77 bits per heavy atom. The highest BCUT2D eigenvalue weighted by atomic mass is 32.1. The molecule has 140 valence electrons. The van der Waals surface area contributed by atoms with Crippen LogP contribution in [0.25, 0.3) is 10.1 Å². The topological polar surface area (TPSA) is 76.1 Å². The largest absolute Gasteiger partial charge is 0.480 e. The average molecular weight is 381 g/mol. The van der Waals surface area contributed by atoms with Gasteiger partial charge in [-0.15, -0.1) is 11.3 Å². The maximum atomic E-state index is 14.3. The maximum Gasteiger partial charge on any atom is 0.323 e. The molecule has 1 aromatic heterocycles. The Bertz CT molecular complexity index is 815. The smallest absolute Gasteiger partial charge is 0.323 e.